The second kappa shape index (κ2) is 5.30. The molecule has 88 valence electrons. The van der Waals surface area contributed by atoms with E-state index in [0.717, 1.165) is 24.5 Å². The van der Waals surface area contributed by atoms with Crippen LogP contribution >= 0.6 is 0 Å². The highest BCUT2D eigenvalue weighted by molar-refractivity contribution is 5.28. The fourth-order valence-corrected chi connectivity index (χ4v) is 2.46. The fourth-order valence-electron chi connectivity index (χ4n) is 2.46. The SMILES string of the molecule is Cc1cnccc1OCC1CCCC1CN. The highest BCUT2D eigenvalue weighted by Crippen LogP contribution is 2.31. The van der Waals surface area contributed by atoms with Crippen molar-refractivity contribution < 1.29 is 4.74 Å². The fraction of sp³-hybridized carbons (Fsp3) is 0.615. The number of nitrogens with two attached hydrogens (primary N) is 1. The van der Waals surface area contributed by atoms with Crippen molar-refractivity contribution in [1.29, 1.82) is 0 Å². The lowest BCUT2D eigenvalue weighted by Crippen LogP contribution is -2.23. The Morgan fingerprint density at radius 2 is 2.25 bits per heavy atom. The van der Waals surface area contributed by atoms with Gasteiger partial charge in [-0.05, 0) is 44.2 Å². The molecule has 2 atom stereocenters. The maximum atomic E-state index is 5.86. The van der Waals surface area contributed by atoms with E-state index >= 15 is 0 Å². The Balaban J connectivity index is 1.90. The summed E-state index contributed by atoms with van der Waals surface area (Å²) < 4.78 is 5.86. The molecule has 1 aliphatic rings. The summed E-state index contributed by atoms with van der Waals surface area (Å²) in [6.45, 7) is 3.62. The smallest absolute Gasteiger partial charge is 0.125 e. The quantitative estimate of drug-likeness (QED) is 0.845. The molecule has 0 aliphatic heterocycles. The number of aryl methyl sites for hydroxylation is 1. The van der Waals surface area contributed by atoms with Crippen LogP contribution in [0.2, 0.25) is 0 Å². The summed E-state index contributed by atoms with van der Waals surface area (Å²) in [6, 6.07) is 1.93. The van der Waals surface area contributed by atoms with Gasteiger partial charge in [-0.3, -0.25) is 4.98 Å². The second-order valence-corrected chi connectivity index (χ2v) is 4.64. The molecular weight excluding hydrogens is 200 g/mol. The highest BCUT2D eigenvalue weighted by Gasteiger charge is 2.26. The van der Waals surface area contributed by atoms with Crippen LogP contribution in [0, 0.1) is 18.8 Å². The van der Waals surface area contributed by atoms with Crippen molar-refractivity contribution in [3.05, 3.63) is 24.0 Å². The third-order valence-corrected chi connectivity index (χ3v) is 3.54. The second-order valence-electron chi connectivity index (χ2n) is 4.64. The lowest BCUT2D eigenvalue weighted by molar-refractivity contribution is 0.215. The highest BCUT2D eigenvalue weighted by atomic mass is 16.5. The third kappa shape index (κ3) is 2.53. The zero-order chi connectivity index (χ0) is 11.4. The van der Waals surface area contributed by atoms with E-state index in [2.05, 4.69) is 4.98 Å². The zero-order valence-corrected chi connectivity index (χ0v) is 9.86. The average Bonchev–Trinajstić information content (AvgIpc) is 2.75. The Labute approximate surface area is 97.0 Å². The Morgan fingerprint density at radius 1 is 1.44 bits per heavy atom. The van der Waals surface area contributed by atoms with Crippen molar-refractivity contribution in [2.75, 3.05) is 13.2 Å². The van der Waals surface area contributed by atoms with Crippen molar-refractivity contribution in [3.63, 3.8) is 0 Å². The van der Waals surface area contributed by atoms with Gasteiger partial charge in [0.05, 0.1) is 6.61 Å². The van der Waals surface area contributed by atoms with Crippen molar-refractivity contribution in [3.8, 4) is 5.75 Å². The lowest BCUT2D eigenvalue weighted by atomic mass is 9.97. The standard InChI is InChI=1S/C13H20N2O/c1-10-8-15-6-5-13(10)16-9-12-4-2-3-11(12)7-14/h5-6,8,11-12H,2-4,7,9,14H2,1H3. The molecule has 1 aliphatic carbocycles. The summed E-state index contributed by atoms with van der Waals surface area (Å²) in [7, 11) is 0. The van der Waals surface area contributed by atoms with Gasteiger partial charge in [0.2, 0.25) is 0 Å². The van der Waals surface area contributed by atoms with E-state index in [1.165, 1.54) is 19.3 Å². The Bertz CT molecular complexity index is 340. The van der Waals surface area contributed by atoms with Gasteiger partial charge in [-0.2, -0.15) is 0 Å². The third-order valence-electron chi connectivity index (χ3n) is 3.54. The monoisotopic (exact) mass is 220 g/mol. The molecule has 2 N–H and O–H groups in total. The summed E-state index contributed by atoms with van der Waals surface area (Å²) >= 11 is 0. The van der Waals surface area contributed by atoms with Gasteiger partial charge >= 0.3 is 0 Å². The Morgan fingerprint density at radius 3 is 3.00 bits per heavy atom. The van der Waals surface area contributed by atoms with Gasteiger partial charge in [0.25, 0.3) is 0 Å². The summed E-state index contributed by atoms with van der Waals surface area (Å²) in [6.07, 6.45) is 7.43. The van der Waals surface area contributed by atoms with Gasteiger partial charge in [0.15, 0.2) is 0 Å². The molecule has 1 heterocycles. The molecule has 2 unspecified atom stereocenters. The predicted octanol–water partition coefficient (Wildman–Crippen LogP) is 2.14. The molecule has 0 radical (unpaired) electrons. The summed E-state index contributed by atoms with van der Waals surface area (Å²) in [5.41, 5.74) is 6.86. The van der Waals surface area contributed by atoms with Gasteiger partial charge in [-0.15, -0.1) is 0 Å². The van der Waals surface area contributed by atoms with E-state index in [-0.39, 0.29) is 0 Å². The van der Waals surface area contributed by atoms with E-state index < -0.39 is 0 Å². The van der Waals surface area contributed by atoms with Crippen molar-refractivity contribution in [2.24, 2.45) is 17.6 Å². The first-order valence-electron chi connectivity index (χ1n) is 6.04. The minimum atomic E-state index is 0.637. The molecule has 3 nitrogen and oxygen atoms in total. The predicted molar refractivity (Wildman–Crippen MR) is 64.4 cm³/mol. The average molecular weight is 220 g/mol. The molecule has 0 amide bonds. The maximum Gasteiger partial charge on any atom is 0.125 e. The van der Waals surface area contributed by atoms with Gasteiger partial charge in [-0.1, -0.05) is 6.42 Å². The van der Waals surface area contributed by atoms with E-state index in [1.54, 1.807) is 6.20 Å². The van der Waals surface area contributed by atoms with Gasteiger partial charge in [0, 0.05) is 18.0 Å². The number of rotatable bonds is 4. The van der Waals surface area contributed by atoms with Crippen LogP contribution in [0.1, 0.15) is 24.8 Å². The van der Waals surface area contributed by atoms with Crippen molar-refractivity contribution >= 4 is 0 Å². The van der Waals surface area contributed by atoms with E-state index in [9.17, 15) is 0 Å². The normalized spacial score (nSPS) is 24.6. The van der Waals surface area contributed by atoms with E-state index in [0.29, 0.717) is 11.8 Å². The summed E-state index contributed by atoms with van der Waals surface area (Å²) in [5, 5.41) is 0. The number of hydrogen-bond donors (Lipinski definition) is 1. The molecular formula is C13H20N2O. The van der Waals surface area contributed by atoms with Crippen LogP contribution in [0.5, 0.6) is 5.75 Å². The number of ether oxygens (including phenoxy) is 1. The molecule has 1 saturated carbocycles. The summed E-state index contributed by atoms with van der Waals surface area (Å²) in [5.74, 6) is 2.25. The van der Waals surface area contributed by atoms with Crippen LogP contribution in [-0.4, -0.2) is 18.1 Å². The number of nitrogens with zero attached hydrogens (tertiary/aromatic N) is 1. The van der Waals surface area contributed by atoms with Crippen LogP contribution in [0.4, 0.5) is 0 Å². The molecule has 0 spiro atoms. The number of pyridine rings is 1. The van der Waals surface area contributed by atoms with Gasteiger partial charge < -0.3 is 10.5 Å². The Kier molecular flexibility index (Phi) is 3.78. The largest absolute Gasteiger partial charge is 0.493 e. The van der Waals surface area contributed by atoms with Crippen LogP contribution < -0.4 is 10.5 Å². The molecule has 1 aromatic heterocycles. The van der Waals surface area contributed by atoms with Crippen LogP contribution in [0.3, 0.4) is 0 Å². The van der Waals surface area contributed by atoms with Gasteiger partial charge in [0.1, 0.15) is 5.75 Å². The summed E-state index contributed by atoms with van der Waals surface area (Å²) in [4.78, 5) is 4.06. The molecule has 0 aromatic carbocycles. The first-order valence-corrected chi connectivity index (χ1v) is 6.04. The molecule has 2 rings (SSSR count). The molecule has 0 bridgehead atoms. The first-order chi connectivity index (χ1) is 7.81. The minimum Gasteiger partial charge on any atom is -0.493 e. The molecule has 1 aromatic rings. The van der Waals surface area contributed by atoms with E-state index in [4.69, 9.17) is 10.5 Å². The number of hydrogen-bond acceptors (Lipinski definition) is 3. The molecule has 3 heteroatoms. The molecule has 0 saturated heterocycles. The maximum absolute atomic E-state index is 5.86. The van der Waals surface area contributed by atoms with Crippen molar-refractivity contribution in [1.82, 2.24) is 4.98 Å². The zero-order valence-electron chi connectivity index (χ0n) is 9.86. The van der Waals surface area contributed by atoms with E-state index in [1.807, 2.05) is 19.2 Å². The topological polar surface area (TPSA) is 48.1 Å². The lowest BCUT2D eigenvalue weighted by Gasteiger charge is -2.18. The minimum absolute atomic E-state index is 0.637. The van der Waals surface area contributed by atoms with Crippen LogP contribution in [0.25, 0.3) is 0 Å². The number of aromatic nitrogens is 1. The first kappa shape index (κ1) is 11.4. The molecule has 1 fully saturated rings. The molecule has 16 heavy (non-hydrogen) atoms. The van der Waals surface area contributed by atoms with Crippen molar-refractivity contribution in [2.45, 2.75) is 26.2 Å². The van der Waals surface area contributed by atoms with Gasteiger partial charge in [-0.25, -0.2) is 0 Å². The Hall–Kier alpha value is -1.09. The van der Waals surface area contributed by atoms with Crippen LogP contribution in [0.15, 0.2) is 18.5 Å². The van der Waals surface area contributed by atoms with Crippen LogP contribution in [-0.2, 0) is 0 Å².